The molecule has 1 saturated heterocycles. The maximum atomic E-state index is 3.69. The van der Waals surface area contributed by atoms with Gasteiger partial charge in [0, 0.05) is 32.2 Å². The van der Waals surface area contributed by atoms with Crippen LogP contribution in [0, 0.1) is 5.92 Å². The summed E-state index contributed by atoms with van der Waals surface area (Å²) in [6, 6.07) is 0.704. The van der Waals surface area contributed by atoms with Gasteiger partial charge < -0.3 is 10.2 Å². The molecule has 0 aromatic rings. The minimum absolute atomic E-state index is 0.704. The summed E-state index contributed by atoms with van der Waals surface area (Å²) < 4.78 is 0. The molecule has 0 aromatic heterocycles. The second-order valence-corrected chi connectivity index (χ2v) is 6.39. The van der Waals surface area contributed by atoms with Crippen LogP contribution in [0.4, 0.5) is 0 Å². The van der Waals surface area contributed by atoms with Crippen LogP contribution < -0.4 is 5.32 Å². The highest BCUT2D eigenvalue weighted by Gasteiger charge is 2.21. The molecular weight excluding hydrogens is 222 g/mol. The number of likely N-dealkylation sites (N-methyl/N-ethyl adjacent to an activating group) is 2. The van der Waals surface area contributed by atoms with Crippen LogP contribution in [0.3, 0.4) is 0 Å². The van der Waals surface area contributed by atoms with Gasteiger partial charge in [-0.2, -0.15) is 0 Å². The Morgan fingerprint density at radius 1 is 1.06 bits per heavy atom. The van der Waals surface area contributed by atoms with E-state index in [1.54, 1.807) is 0 Å². The zero-order valence-corrected chi connectivity index (χ0v) is 12.3. The van der Waals surface area contributed by atoms with Crippen molar-refractivity contribution in [1.29, 1.82) is 0 Å². The molecule has 1 atom stereocenters. The zero-order valence-electron chi connectivity index (χ0n) is 12.3. The second kappa shape index (κ2) is 7.46. The summed E-state index contributed by atoms with van der Waals surface area (Å²) in [5, 5.41) is 3.69. The molecule has 0 spiro atoms. The van der Waals surface area contributed by atoms with Crippen molar-refractivity contribution in [2.75, 3.05) is 46.8 Å². The minimum Gasteiger partial charge on any atom is -0.315 e. The topological polar surface area (TPSA) is 18.5 Å². The lowest BCUT2D eigenvalue weighted by molar-refractivity contribution is 0.113. The van der Waals surface area contributed by atoms with Gasteiger partial charge in [-0.15, -0.1) is 0 Å². The molecule has 18 heavy (non-hydrogen) atoms. The molecule has 1 N–H and O–H groups in total. The Morgan fingerprint density at radius 2 is 1.83 bits per heavy atom. The normalized spacial score (nSPS) is 28.7. The molecule has 1 aliphatic carbocycles. The third kappa shape index (κ3) is 4.52. The van der Waals surface area contributed by atoms with E-state index in [0.717, 1.165) is 12.5 Å². The van der Waals surface area contributed by atoms with E-state index in [2.05, 4.69) is 29.2 Å². The monoisotopic (exact) mass is 253 g/mol. The van der Waals surface area contributed by atoms with Crippen molar-refractivity contribution < 1.29 is 0 Å². The minimum atomic E-state index is 0.704. The summed E-state index contributed by atoms with van der Waals surface area (Å²) in [5.41, 5.74) is 0. The molecule has 0 radical (unpaired) electrons. The molecule has 0 aromatic carbocycles. The number of hydrogen-bond acceptors (Lipinski definition) is 3. The summed E-state index contributed by atoms with van der Waals surface area (Å²) in [4.78, 5) is 4.96. The SMILES string of the molecule is CN1CCN(C)C(CNCCC2CCCCC2)C1. The lowest BCUT2D eigenvalue weighted by Gasteiger charge is -2.38. The van der Waals surface area contributed by atoms with Crippen molar-refractivity contribution in [2.45, 2.75) is 44.6 Å². The predicted octanol–water partition coefficient (Wildman–Crippen LogP) is 1.79. The first-order chi connectivity index (χ1) is 8.75. The standard InChI is InChI=1S/C15H31N3/c1-17-10-11-18(2)15(13-17)12-16-9-8-14-6-4-3-5-7-14/h14-16H,3-13H2,1-2H3. The first kappa shape index (κ1) is 14.3. The fourth-order valence-corrected chi connectivity index (χ4v) is 3.37. The van der Waals surface area contributed by atoms with Gasteiger partial charge in [-0.3, -0.25) is 4.90 Å². The number of nitrogens with zero attached hydrogens (tertiary/aromatic N) is 2. The number of hydrogen-bond donors (Lipinski definition) is 1. The lowest BCUT2D eigenvalue weighted by Crippen LogP contribution is -2.53. The Labute approximate surface area is 113 Å². The second-order valence-electron chi connectivity index (χ2n) is 6.39. The Kier molecular flexibility index (Phi) is 5.93. The van der Waals surface area contributed by atoms with Gasteiger partial charge in [0.05, 0.1) is 0 Å². The van der Waals surface area contributed by atoms with Crippen molar-refractivity contribution in [3.8, 4) is 0 Å². The Bertz CT molecular complexity index is 226. The molecule has 1 aliphatic heterocycles. The number of piperazine rings is 1. The average Bonchev–Trinajstić information content (AvgIpc) is 2.40. The van der Waals surface area contributed by atoms with Crippen LogP contribution in [0.2, 0.25) is 0 Å². The number of rotatable bonds is 5. The fraction of sp³-hybridized carbons (Fsp3) is 1.00. The molecule has 2 aliphatic rings. The number of nitrogens with one attached hydrogen (secondary N) is 1. The first-order valence-electron chi connectivity index (χ1n) is 7.85. The maximum Gasteiger partial charge on any atom is 0.0345 e. The molecule has 0 bridgehead atoms. The van der Waals surface area contributed by atoms with Gasteiger partial charge in [0.15, 0.2) is 0 Å². The smallest absolute Gasteiger partial charge is 0.0345 e. The maximum absolute atomic E-state index is 3.69. The Hall–Kier alpha value is -0.120. The van der Waals surface area contributed by atoms with Crippen LogP contribution in [-0.2, 0) is 0 Å². The lowest BCUT2D eigenvalue weighted by atomic mass is 9.87. The van der Waals surface area contributed by atoms with Crippen LogP contribution in [-0.4, -0.2) is 62.7 Å². The van der Waals surface area contributed by atoms with E-state index in [1.807, 2.05) is 0 Å². The third-order valence-corrected chi connectivity index (χ3v) is 4.81. The van der Waals surface area contributed by atoms with Gasteiger partial charge in [0.25, 0.3) is 0 Å². The summed E-state index contributed by atoms with van der Waals surface area (Å²) >= 11 is 0. The molecule has 3 nitrogen and oxygen atoms in total. The first-order valence-corrected chi connectivity index (χ1v) is 7.85. The van der Waals surface area contributed by atoms with E-state index in [-0.39, 0.29) is 0 Å². The summed E-state index contributed by atoms with van der Waals surface area (Å²) in [6.45, 7) is 6.03. The van der Waals surface area contributed by atoms with Crippen molar-refractivity contribution in [1.82, 2.24) is 15.1 Å². The molecule has 0 amide bonds. The van der Waals surface area contributed by atoms with Crippen molar-refractivity contribution in [2.24, 2.45) is 5.92 Å². The Balaban J connectivity index is 1.56. The molecule has 2 rings (SSSR count). The van der Waals surface area contributed by atoms with E-state index in [1.165, 1.54) is 64.7 Å². The fourth-order valence-electron chi connectivity index (χ4n) is 3.37. The molecule has 1 heterocycles. The van der Waals surface area contributed by atoms with Crippen LogP contribution in [0.5, 0.6) is 0 Å². The van der Waals surface area contributed by atoms with Crippen LogP contribution in [0.1, 0.15) is 38.5 Å². The van der Waals surface area contributed by atoms with Crippen LogP contribution in [0.25, 0.3) is 0 Å². The molecule has 106 valence electrons. The molecule has 3 heteroatoms. The highest BCUT2D eigenvalue weighted by Crippen LogP contribution is 2.25. The van der Waals surface area contributed by atoms with Gasteiger partial charge >= 0.3 is 0 Å². The van der Waals surface area contributed by atoms with Gasteiger partial charge in [-0.25, -0.2) is 0 Å². The van der Waals surface area contributed by atoms with Gasteiger partial charge in [-0.1, -0.05) is 32.1 Å². The van der Waals surface area contributed by atoms with E-state index in [4.69, 9.17) is 0 Å². The van der Waals surface area contributed by atoms with Gasteiger partial charge in [0.1, 0.15) is 0 Å². The van der Waals surface area contributed by atoms with Gasteiger partial charge in [0.2, 0.25) is 0 Å². The van der Waals surface area contributed by atoms with Crippen molar-refractivity contribution in [3.63, 3.8) is 0 Å². The molecule has 1 saturated carbocycles. The molecule has 2 fully saturated rings. The highest BCUT2D eigenvalue weighted by atomic mass is 15.3. The summed E-state index contributed by atoms with van der Waals surface area (Å²) in [6.07, 6.45) is 8.78. The molecular formula is C15H31N3. The summed E-state index contributed by atoms with van der Waals surface area (Å²) in [5.74, 6) is 1.01. The van der Waals surface area contributed by atoms with Crippen molar-refractivity contribution >= 4 is 0 Å². The van der Waals surface area contributed by atoms with Gasteiger partial charge in [-0.05, 0) is 33.0 Å². The van der Waals surface area contributed by atoms with Crippen LogP contribution in [0.15, 0.2) is 0 Å². The third-order valence-electron chi connectivity index (χ3n) is 4.81. The molecule has 1 unspecified atom stereocenters. The van der Waals surface area contributed by atoms with Crippen molar-refractivity contribution in [3.05, 3.63) is 0 Å². The largest absolute Gasteiger partial charge is 0.315 e. The average molecular weight is 253 g/mol. The van der Waals surface area contributed by atoms with E-state index < -0.39 is 0 Å². The highest BCUT2D eigenvalue weighted by molar-refractivity contribution is 4.80. The van der Waals surface area contributed by atoms with E-state index >= 15 is 0 Å². The van der Waals surface area contributed by atoms with E-state index in [9.17, 15) is 0 Å². The predicted molar refractivity (Wildman–Crippen MR) is 78.0 cm³/mol. The Morgan fingerprint density at radius 3 is 2.61 bits per heavy atom. The summed E-state index contributed by atoms with van der Waals surface area (Å²) in [7, 11) is 4.50. The quantitative estimate of drug-likeness (QED) is 0.754. The zero-order chi connectivity index (χ0) is 12.8. The van der Waals surface area contributed by atoms with Crippen LogP contribution >= 0.6 is 0 Å². The van der Waals surface area contributed by atoms with E-state index in [0.29, 0.717) is 6.04 Å².